The Kier molecular flexibility index (Phi) is 4.54. The fourth-order valence-corrected chi connectivity index (χ4v) is 1.83. The molecule has 0 amide bonds. The van der Waals surface area contributed by atoms with Crippen molar-refractivity contribution >= 4 is 0 Å². The van der Waals surface area contributed by atoms with E-state index in [1.165, 1.54) is 0 Å². The summed E-state index contributed by atoms with van der Waals surface area (Å²) in [4.78, 5) is 0. The van der Waals surface area contributed by atoms with E-state index in [0.717, 1.165) is 11.4 Å². The molecule has 0 aliphatic carbocycles. The Labute approximate surface area is 112 Å². The van der Waals surface area contributed by atoms with Gasteiger partial charge in [0, 0.05) is 7.11 Å². The summed E-state index contributed by atoms with van der Waals surface area (Å²) in [7, 11) is 1.62. The quantitative estimate of drug-likeness (QED) is 0.805. The van der Waals surface area contributed by atoms with E-state index in [2.05, 4.69) is 5.10 Å². The van der Waals surface area contributed by atoms with Gasteiger partial charge in [-0.1, -0.05) is 18.2 Å². The third-order valence-corrected chi connectivity index (χ3v) is 2.82. The van der Waals surface area contributed by atoms with Crippen LogP contribution in [0.2, 0.25) is 0 Å². The van der Waals surface area contributed by atoms with Crippen molar-refractivity contribution in [3.8, 4) is 11.6 Å². The summed E-state index contributed by atoms with van der Waals surface area (Å²) in [5.41, 5.74) is 2.37. The molecule has 0 radical (unpaired) electrons. The van der Waals surface area contributed by atoms with Gasteiger partial charge in [0.05, 0.1) is 30.2 Å². The van der Waals surface area contributed by atoms with Crippen LogP contribution < -0.4 is 4.74 Å². The summed E-state index contributed by atoms with van der Waals surface area (Å²) in [5.74, 6) is 0.572. The number of hydrogen-bond donors (Lipinski definition) is 1. The smallest absolute Gasteiger partial charge is 0.222 e. The normalized spacial score (nSPS) is 10.7. The van der Waals surface area contributed by atoms with E-state index < -0.39 is 0 Å². The van der Waals surface area contributed by atoms with Gasteiger partial charge in [0.15, 0.2) is 0 Å². The van der Waals surface area contributed by atoms with Crippen LogP contribution in [0.15, 0.2) is 30.3 Å². The summed E-state index contributed by atoms with van der Waals surface area (Å²) in [5, 5.41) is 13.9. The molecule has 2 aromatic rings. The number of aliphatic hydroxyl groups excluding tert-OH is 1. The minimum atomic E-state index is -0.0962. The number of para-hydroxylation sites is 1. The molecule has 0 bridgehead atoms. The molecule has 0 spiro atoms. The number of aromatic nitrogens is 2. The van der Waals surface area contributed by atoms with Crippen molar-refractivity contribution in [2.45, 2.75) is 13.5 Å². The number of aliphatic hydroxyl groups is 1. The molecular formula is C14H18N2O3. The van der Waals surface area contributed by atoms with E-state index in [4.69, 9.17) is 9.47 Å². The average molecular weight is 262 g/mol. The Morgan fingerprint density at radius 1 is 1.21 bits per heavy atom. The van der Waals surface area contributed by atoms with Crippen molar-refractivity contribution < 1.29 is 14.6 Å². The SMILES string of the molecule is COCCOc1c(CO)c(C)nn1-c1ccccc1. The van der Waals surface area contributed by atoms with Gasteiger partial charge in [0.25, 0.3) is 0 Å². The first-order valence-corrected chi connectivity index (χ1v) is 6.14. The van der Waals surface area contributed by atoms with Crippen LogP contribution >= 0.6 is 0 Å². The highest BCUT2D eigenvalue weighted by Gasteiger charge is 2.16. The maximum Gasteiger partial charge on any atom is 0.222 e. The zero-order valence-corrected chi connectivity index (χ0v) is 11.2. The van der Waals surface area contributed by atoms with Crippen molar-refractivity contribution in [1.29, 1.82) is 0 Å². The van der Waals surface area contributed by atoms with Crippen molar-refractivity contribution in [3.05, 3.63) is 41.6 Å². The molecule has 5 heteroatoms. The summed E-state index contributed by atoms with van der Waals surface area (Å²) in [6.45, 7) is 2.67. The van der Waals surface area contributed by atoms with Gasteiger partial charge in [-0.15, -0.1) is 0 Å². The Bertz CT molecular complexity index is 523. The number of aryl methyl sites for hydroxylation is 1. The molecule has 0 unspecified atom stereocenters. The van der Waals surface area contributed by atoms with Crippen LogP contribution in [0.1, 0.15) is 11.3 Å². The Morgan fingerprint density at radius 2 is 1.95 bits per heavy atom. The van der Waals surface area contributed by atoms with Crippen molar-refractivity contribution in [2.24, 2.45) is 0 Å². The number of rotatable bonds is 6. The van der Waals surface area contributed by atoms with Crippen molar-refractivity contribution in [3.63, 3.8) is 0 Å². The first-order valence-electron chi connectivity index (χ1n) is 6.14. The topological polar surface area (TPSA) is 56.5 Å². The molecule has 0 atom stereocenters. The lowest BCUT2D eigenvalue weighted by Gasteiger charge is -2.10. The summed E-state index contributed by atoms with van der Waals surface area (Å²) in [6.07, 6.45) is 0. The predicted molar refractivity (Wildman–Crippen MR) is 71.6 cm³/mol. The second-order valence-electron chi connectivity index (χ2n) is 4.12. The minimum Gasteiger partial charge on any atom is -0.475 e. The molecule has 1 heterocycles. The lowest BCUT2D eigenvalue weighted by atomic mass is 10.2. The molecule has 1 aromatic heterocycles. The molecule has 19 heavy (non-hydrogen) atoms. The van der Waals surface area contributed by atoms with Gasteiger partial charge in [-0.25, -0.2) is 4.68 Å². The fourth-order valence-electron chi connectivity index (χ4n) is 1.83. The second kappa shape index (κ2) is 6.36. The van der Waals surface area contributed by atoms with E-state index in [-0.39, 0.29) is 6.61 Å². The van der Waals surface area contributed by atoms with Crippen LogP contribution in [-0.4, -0.2) is 35.2 Å². The summed E-state index contributed by atoms with van der Waals surface area (Å²) in [6, 6.07) is 9.69. The van der Waals surface area contributed by atoms with Crippen LogP contribution in [0, 0.1) is 6.92 Å². The summed E-state index contributed by atoms with van der Waals surface area (Å²) < 4.78 is 12.4. The minimum absolute atomic E-state index is 0.0962. The van der Waals surface area contributed by atoms with Gasteiger partial charge in [-0.05, 0) is 19.1 Å². The molecule has 2 rings (SSSR count). The predicted octanol–water partition coefficient (Wildman–Crippen LogP) is 1.70. The molecule has 0 saturated carbocycles. The number of nitrogens with zero attached hydrogens (tertiary/aromatic N) is 2. The number of hydrogen-bond acceptors (Lipinski definition) is 4. The van der Waals surface area contributed by atoms with E-state index in [1.807, 2.05) is 37.3 Å². The second-order valence-corrected chi connectivity index (χ2v) is 4.12. The highest BCUT2D eigenvalue weighted by molar-refractivity contribution is 5.40. The molecule has 0 saturated heterocycles. The maximum atomic E-state index is 9.45. The number of methoxy groups -OCH3 is 1. The van der Waals surface area contributed by atoms with Crippen LogP contribution in [0.5, 0.6) is 5.88 Å². The molecule has 0 aliphatic rings. The van der Waals surface area contributed by atoms with Crippen LogP contribution in [-0.2, 0) is 11.3 Å². The highest BCUT2D eigenvalue weighted by atomic mass is 16.5. The van der Waals surface area contributed by atoms with Gasteiger partial charge in [-0.2, -0.15) is 5.10 Å². The number of ether oxygens (including phenoxy) is 2. The molecule has 1 aromatic carbocycles. The molecule has 1 N–H and O–H groups in total. The van der Waals surface area contributed by atoms with Crippen molar-refractivity contribution in [2.75, 3.05) is 20.3 Å². The van der Waals surface area contributed by atoms with Crippen molar-refractivity contribution in [1.82, 2.24) is 9.78 Å². The third-order valence-electron chi connectivity index (χ3n) is 2.82. The molecule has 0 aliphatic heterocycles. The van der Waals surface area contributed by atoms with Gasteiger partial charge >= 0.3 is 0 Å². The number of benzene rings is 1. The lowest BCUT2D eigenvalue weighted by Crippen LogP contribution is -2.09. The first-order chi connectivity index (χ1) is 9.27. The van der Waals surface area contributed by atoms with E-state index >= 15 is 0 Å². The molecular weight excluding hydrogens is 244 g/mol. The highest BCUT2D eigenvalue weighted by Crippen LogP contribution is 2.25. The van der Waals surface area contributed by atoms with Crippen LogP contribution in [0.4, 0.5) is 0 Å². The van der Waals surface area contributed by atoms with E-state index in [0.29, 0.717) is 24.7 Å². The zero-order chi connectivity index (χ0) is 13.7. The fraction of sp³-hybridized carbons (Fsp3) is 0.357. The van der Waals surface area contributed by atoms with Gasteiger partial charge in [0.2, 0.25) is 5.88 Å². The largest absolute Gasteiger partial charge is 0.475 e. The Hall–Kier alpha value is -1.85. The van der Waals surface area contributed by atoms with Gasteiger partial charge in [-0.3, -0.25) is 0 Å². The monoisotopic (exact) mass is 262 g/mol. The zero-order valence-electron chi connectivity index (χ0n) is 11.2. The lowest BCUT2D eigenvalue weighted by molar-refractivity contribution is 0.140. The summed E-state index contributed by atoms with van der Waals surface area (Å²) >= 11 is 0. The van der Waals surface area contributed by atoms with Gasteiger partial charge < -0.3 is 14.6 Å². The standard InChI is InChI=1S/C14H18N2O3/c1-11-13(10-17)14(19-9-8-18-2)16(15-11)12-6-4-3-5-7-12/h3-7,17H,8-10H2,1-2H3. The average Bonchev–Trinajstić information content (AvgIpc) is 2.76. The Morgan fingerprint density at radius 3 is 2.58 bits per heavy atom. The first kappa shape index (κ1) is 13.6. The molecule has 102 valence electrons. The molecule has 5 nitrogen and oxygen atoms in total. The van der Waals surface area contributed by atoms with Crippen LogP contribution in [0.3, 0.4) is 0 Å². The van der Waals surface area contributed by atoms with E-state index in [1.54, 1.807) is 11.8 Å². The molecule has 0 fully saturated rings. The Balaban J connectivity index is 2.37. The maximum absolute atomic E-state index is 9.45. The third kappa shape index (κ3) is 2.94. The van der Waals surface area contributed by atoms with Crippen LogP contribution in [0.25, 0.3) is 5.69 Å². The van der Waals surface area contributed by atoms with Gasteiger partial charge in [0.1, 0.15) is 6.61 Å². The van der Waals surface area contributed by atoms with E-state index in [9.17, 15) is 5.11 Å².